The smallest absolute Gasteiger partial charge is 0.223 e. The molecule has 1 saturated heterocycles. The van der Waals surface area contributed by atoms with Crippen LogP contribution in [-0.4, -0.2) is 35.1 Å². The molecule has 3 N–H and O–H groups in total. The number of rotatable bonds is 4. The van der Waals surface area contributed by atoms with Gasteiger partial charge >= 0.3 is 0 Å². The molecule has 0 unspecified atom stereocenters. The number of aromatic nitrogens is 2. The maximum atomic E-state index is 14.5. The van der Waals surface area contributed by atoms with E-state index in [4.69, 9.17) is 5.73 Å². The van der Waals surface area contributed by atoms with Gasteiger partial charge in [-0.25, -0.2) is 14.4 Å². The highest BCUT2D eigenvalue weighted by atomic mass is 19.1. The molecule has 1 aliphatic carbocycles. The first-order valence-electron chi connectivity index (χ1n) is 10.1. The van der Waals surface area contributed by atoms with Crippen molar-refractivity contribution in [1.82, 2.24) is 9.97 Å². The average Bonchev–Trinajstić information content (AvgIpc) is 2.72. The van der Waals surface area contributed by atoms with Crippen LogP contribution in [0.4, 0.5) is 16.0 Å². The van der Waals surface area contributed by atoms with Crippen molar-refractivity contribution in [3.8, 4) is 11.3 Å². The van der Waals surface area contributed by atoms with Crippen LogP contribution >= 0.6 is 0 Å². The Labute approximate surface area is 160 Å². The van der Waals surface area contributed by atoms with Gasteiger partial charge in [0.05, 0.1) is 6.20 Å². The second-order valence-electron chi connectivity index (χ2n) is 7.74. The number of anilines is 2. The molecule has 0 atom stereocenters. The van der Waals surface area contributed by atoms with Gasteiger partial charge in [0.1, 0.15) is 5.69 Å². The fourth-order valence-corrected chi connectivity index (χ4v) is 4.09. The number of hydrogen-bond acceptors (Lipinski definition) is 5. The molecule has 0 radical (unpaired) electrons. The van der Waals surface area contributed by atoms with Crippen LogP contribution in [0.25, 0.3) is 11.3 Å². The Morgan fingerprint density at radius 3 is 2.63 bits per heavy atom. The molecule has 4 rings (SSSR count). The lowest BCUT2D eigenvalue weighted by Gasteiger charge is -2.29. The molecule has 6 heteroatoms. The van der Waals surface area contributed by atoms with Gasteiger partial charge in [-0.2, -0.15) is 0 Å². The largest absolute Gasteiger partial charge is 0.372 e. The summed E-state index contributed by atoms with van der Waals surface area (Å²) in [5, 5.41) is 3.36. The Bertz CT molecular complexity index is 767. The van der Waals surface area contributed by atoms with Crippen molar-refractivity contribution in [3.63, 3.8) is 0 Å². The monoisotopic (exact) mass is 369 g/mol. The van der Waals surface area contributed by atoms with Crippen molar-refractivity contribution >= 4 is 11.6 Å². The minimum atomic E-state index is -0.387. The van der Waals surface area contributed by atoms with Gasteiger partial charge in [0.2, 0.25) is 5.95 Å². The fourth-order valence-electron chi connectivity index (χ4n) is 4.09. The highest BCUT2D eigenvalue weighted by Crippen LogP contribution is 2.28. The quantitative estimate of drug-likeness (QED) is 0.854. The van der Waals surface area contributed by atoms with Crippen LogP contribution in [0.15, 0.2) is 30.5 Å². The number of benzene rings is 1. The zero-order valence-corrected chi connectivity index (χ0v) is 15.7. The first-order valence-corrected chi connectivity index (χ1v) is 10.1. The van der Waals surface area contributed by atoms with Crippen LogP contribution in [0.3, 0.4) is 0 Å². The van der Waals surface area contributed by atoms with Crippen molar-refractivity contribution in [3.05, 3.63) is 36.3 Å². The van der Waals surface area contributed by atoms with Gasteiger partial charge in [0.15, 0.2) is 5.82 Å². The third kappa shape index (κ3) is 4.38. The first kappa shape index (κ1) is 18.2. The molecule has 2 aliphatic rings. The zero-order valence-electron chi connectivity index (χ0n) is 15.7. The van der Waals surface area contributed by atoms with Crippen LogP contribution in [-0.2, 0) is 0 Å². The second kappa shape index (κ2) is 8.21. The lowest BCUT2D eigenvalue weighted by Crippen LogP contribution is -2.33. The number of hydrogen-bond donors (Lipinski definition) is 2. The molecule has 1 aromatic heterocycles. The number of nitrogens with one attached hydrogen (secondary N) is 1. The summed E-state index contributed by atoms with van der Waals surface area (Å²) in [6.45, 7) is 2.12. The Kier molecular flexibility index (Phi) is 5.53. The Balaban J connectivity index is 1.54. The number of nitrogens with zero attached hydrogens (tertiary/aromatic N) is 3. The van der Waals surface area contributed by atoms with E-state index in [0.29, 0.717) is 23.7 Å². The van der Waals surface area contributed by atoms with Crippen LogP contribution < -0.4 is 16.0 Å². The Morgan fingerprint density at radius 2 is 1.85 bits per heavy atom. The molecule has 5 nitrogen and oxygen atoms in total. The van der Waals surface area contributed by atoms with E-state index in [2.05, 4.69) is 26.3 Å². The fraction of sp³-hybridized carbons (Fsp3) is 0.524. The minimum Gasteiger partial charge on any atom is -0.372 e. The average molecular weight is 369 g/mol. The molecule has 2 heterocycles. The molecule has 0 spiro atoms. The van der Waals surface area contributed by atoms with Crippen molar-refractivity contribution in [1.29, 1.82) is 0 Å². The summed E-state index contributed by atoms with van der Waals surface area (Å²) < 4.78 is 14.5. The predicted molar refractivity (Wildman–Crippen MR) is 107 cm³/mol. The van der Waals surface area contributed by atoms with E-state index >= 15 is 0 Å². The lowest BCUT2D eigenvalue weighted by molar-refractivity contribution is 0.409. The molecule has 1 saturated carbocycles. The van der Waals surface area contributed by atoms with E-state index in [1.54, 1.807) is 0 Å². The van der Waals surface area contributed by atoms with Gasteiger partial charge in [-0.3, -0.25) is 0 Å². The van der Waals surface area contributed by atoms with E-state index < -0.39 is 0 Å². The second-order valence-corrected chi connectivity index (χ2v) is 7.74. The van der Waals surface area contributed by atoms with E-state index in [1.807, 2.05) is 18.2 Å². The highest BCUT2D eigenvalue weighted by molar-refractivity contribution is 5.67. The van der Waals surface area contributed by atoms with E-state index in [9.17, 15) is 4.39 Å². The van der Waals surface area contributed by atoms with Gasteiger partial charge < -0.3 is 16.0 Å². The van der Waals surface area contributed by atoms with Crippen LogP contribution in [0.2, 0.25) is 0 Å². The van der Waals surface area contributed by atoms with E-state index in [1.165, 1.54) is 25.5 Å². The highest BCUT2D eigenvalue weighted by Gasteiger charge is 2.20. The summed E-state index contributed by atoms with van der Waals surface area (Å²) in [6, 6.07) is 8.64. The lowest BCUT2D eigenvalue weighted by atomic mass is 9.92. The van der Waals surface area contributed by atoms with Gasteiger partial charge in [0.25, 0.3) is 0 Å². The van der Waals surface area contributed by atoms with Gasteiger partial charge in [-0.15, -0.1) is 0 Å². The SMILES string of the molecule is NC1CCC(Nc2ncc(F)c(-c3cccc(N4CCCCC4)c3)n2)CC1. The van der Waals surface area contributed by atoms with Crippen molar-refractivity contribution < 1.29 is 4.39 Å². The zero-order chi connectivity index (χ0) is 18.6. The van der Waals surface area contributed by atoms with E-state index in [-0.39, 0.29) is 5.82 Å². The number of halogens is 1. The molecule has 144 valence electrons. The molecule has 27 heavy (non-hydrogen) atoms. The van der Waals surface area contributed by atoms with Crippen molar-refractivity contribution in [2.24, 2.45) is 5.73 Å². The molecule has 1 aromatic carbocycles. The van der Waals surface area contributed by atoms with Crippen molar-refractivity contribution in [2.45, 2.75) is 57.0 Å². The minimum absolute atomic E-state index is 0.297. The Hall–Kier alpha value is -2.21. The molecular formula is C21H28FN5. The van der Waals surface area contributed by atoms with Crippen LogP contribution in [0.1, 0.15) is 44.9 Å². The summed E-state index contributed by atoms with van der Waals surface area (Å²) in [5.74, 6) is 0.109. The molecule has 2 aromatic rings. The van der Waals surface area contributed by atoms with Gasteiger partial charge in [-0.05, 0) is 57.1 Å². The molecule has 0 bridgehead atoms. The molecule has 0 amide bonds. The maximum Gasteiger partial charge on any atom is 0.223 e. The van der Waals surface area contributed by atoms with Crippen LogP contribution in [0, 0.1) is 5.82 Å². The predicted octanol–water partition coefficient (Wildman–Crippen LogP) is 3.95. The molecular weight excluding hydrogens is 341 g/mol. The normalized spacial score (nSPS) is 23.3. The summed E-state index contributed by atoms with van der Waals surface area (Å²) in [4.78, 5) is 11.0. The summed E-state index contributed by atoms with van der Waals surface area (Å²) >= 11 is 0. The topological polar surface area (TPSA) is 67.1 Å². The maximum absolute atomic E-state index is 14.5. The third-order valence-electron chi connectivity index (χ3n) is 5.69. The Morgan fingerprint density at radius 1 is 1.07 bits per heavy atom. The van der Waals surface area contributed by atoms with Gasteiger partial charge in [0, 0.05) is 36.4 Å². The number of piperidine rings is 1. The standard InChI is InChI=1S/C21H28FN5/c22-19-14-24-21(25-17-9-7-16(23)8-10-17)26-20(19)15-5-4-6-18(13-15)27-11-2-1-3-12-27/h4-6,13-14,16-17H,1-3,7-12,23H2,(H,24,25,26). The summed E-state index contributed by atoms with van der Waals surface area (Å²) in [6.07, 6.45) is 9.00. The molecule has 1 aliphatic heterocycles. The third-order valence-corrected chi connectivity index (χ3v) is 5.69. The summed E-state index contributed by atoms with van der Waals surface area (Å²) in [7, 11) is 0. The van der Waals surface area contributed by atoms with Gasteiger partial charge in [-0.1, -0.05) is 12.1 Å². The number of nitrogens with two attached hydrogens (primary N) is 1. The molecule has 2 fully saturated rings. The first-order chi connectivity index (χ1) is 13.2. The van der Waals surface area contributed by atoms with Crippen molar-refractivity contribution in [2.75, 3.05) is 23.3 Å². The van der Waals surface area contributed by atoms with E-state index in [0.717, 1.165) is 50.0 Å². The van der Waals surface area contributed by atoms with Crippen LogP contribution in [0.5, 0.6) is 0 Å². The summed E-state index contributed by atoms with van der Waals surface area (Å²) in [5.41, 5.74) is 8.27.